The number of hydrogen-bond acceptors (Lipinski definition) is 3. The lowest BCUT2D eigenvalue weighted by atomic mass is 10.1. The third kappa shape index (κ3) is 20.9. The summed E-state index contributed by atoms with van der Waals surface area (Å²) in [5.74, 6) is -1.39. The van der Waals surface area contributed by atoms with Crippen molar-refractivity contribution in [1.82, 2.24) is 0 Å². The number of ether oxygens (including phenoxy) is 1. The van der Waals surface area contributed by atoms with Gasteiger partial charge in [-0.05, 0) is 25.7 Å². The Labute approximate surface area is 140 Å². The summed E-state index contributed by atoms with van der Waals surface area (Å²) >= 11 is 0. The molecule has 0 saturated carbocycles. The molecule has 0 atom stereocenters. The molecule has 0 radical (unpaired) electrons. The average molecular weight is 330 g/mol. The lowest BCUT2D eigenvalue weighted by molar-refractivity contribution is -0.138. The van der Waals surface area contributed by atoms with Gasteiger partial charge in [0.05, 0.1) is 0 Å². The Hall–Kier alpha value is -1.10. The quantitative estimate of drug-likeness (QED) is 0.358. The van der Waals surface area contributed by atoms with E-state index < -0.39 is 11.9 Å². The maximum Gasteiger partial charge on any atom is 0.303 e. The van der Waals surface area contributed by atoms with E-state index in [0.717, 1.165) is 71.0 Å². The van der Waals surface area contributed by atoms with Gasteiger partial charge in [-0.15, -0.1) is 0 Å². The van der Waals surface area contributed by atoms with Crippen molar-refractivity contribution in [3.8, 4) is 0 Å². The predicted octanol–water partition coefficient (Wildman–Crippen LogP) is 4.63. The number of hydrogen-bond donors (Lipinski definition) is 2. The van der Waals surface area contributed by atoms with E-state index >= 15 is 0 Å². The Bertz CT molecular complexity index is 263. The maximum absolute atomic E-state index is 10.3. The fourth-order valence-corrected chi connectivity index (χ4v) is 2.48. The van der Waals surface area contributed by atoms with Crippen LogP contribution in [-0.4, -0.2) is 35.4 Å². The highest BCUT2D eigenvalue weighted by Gasteiger charge is 1.98. The Balaban J connectivity index is 3.00. The number of carboxylic acid groups (broad SMARTS) is 2. The fourth-order valence-electron chi connectivity index (χ4n) is 2.48. The minimum Gasteiger partial charge on any atom is -0.481 e. The minimum atomic E-state index is -0.700. The number of rotatable bonds is 18. The lowest BCUT2D eigenvalue weighted by Crippen LogP contribution is -1.98. The van der Waals surface area contributed by atoms with Gasteiger partial charge < -0.3 is 14.9 Å². The third-order valence-corrected chi connectivity index (χ3v) is 3.86. The van der Waals surface area contributed by atoms with Crippen LogP contribution in [0.5, 0.6) is 0 Å². The zero-order valence-electron chi connectivity index (χ0n) is 14.4. The van der Waals surface area contributed by atoms with E-state index in [2.05, 4.69) is 0 Å². The molecule has 0 aromatic carbocycles. The predicted molar refractivity (Wildman–Crippen MR) is 90.7 cm³/mol. The van der Waals surface area contributed by atoms with Crippen LogP contribution in [0.2, 0.25) is 0 Å². The first-order valence-corrected chi connectivity index (χ1v) is 9.14. The van der Waals surface area contributed by atoms with Gasteiger partial charge in [0.2, 0.25) is 0 Å². The molecule has 23 heavy (non-hydrogen) atoms. The van der Waals surface area contributed by atoms with E-state index in [4.69, 9.17) is 14.9 Å². The van der Waals surface area contributed by atoms with Crippen molar-refractivity contribution in [1.29, 1.82) is 0 Å². The highest BCUT2D eigenvalue weighted by molar-refractivity contribution is 5.66. The van der Waals surface area contributed by atoms with Crippen LogP contribution in [0.1, 0.15) is 89.9 Å². The molecule has 0 aromatic rings. The molecule has 0 unspecified atom stereocenters. The molecule has 5 nitrogen and oxygen atoms in total. The largest absolute Gasteiger partial charge is 0.481 e. The second-order valence-electron chi connectivity index (χ2n) is 6.14. The molecular weight excluding hydrogens is 296 g/mol. The normalized spacial score (nSPS) is 10.8. The molecule has 5 heteroatoms. The van der Waals surface area contributed by atoms with Gasteiger partial charge in [0.1, 0.15) is 0 Å². The first-order valence-electron chi connectivity index (χ1n) is 9.14. The Morgan fingerprint density at radius 3 is 1.17 bits per heavy atom. The summed E-state index contributed by atoms with van der Waals surface area (Å²) in [7, 11) is 0. The summed E-state index contributed by atoms with van der Waals surface area (Å²) in [6.07, 6.45) is 13.3. The smallest absolute Gasteiger partial charge is 0.303 e. The van der Waals surface area contributed by atoms with Crippen molar-refractivity contribution < 1.29 is 24.5 Å². The molecule has 0 saturated heterocycles. The molecule has 0 aliphatic heterocycles. The molecule has 0 aromatic heterocycles. The summed E-state index contributed by atoms with van der Waals surface area (Å²) in [5.41, 5.74) is 0. The molecule has 0 spiro atoms. The number of carbonyl (C=O) groups is 2. The molecule has 0 aliphatic rings. The van der Waals surface area contributed by atoms with Crippen molar-refractivity contribution in [2.45, 2.75) is 89.9 Å². The third-order valence-electron chi connectivity index (χ3n) is 3.86. The van der Waals surface area contributed by atoms with Gasteiger partial charge in [0.15, 0.2) is 0 Å². The van der Waals surface area contributed by atoms with E-state index in [0.29, 0.717) is 6.42 Å². The lowest BCUT2D eigenvalue weighted by Gasteiger charge is -2.05. The Kier molecular flexibility index (Phi) is 16.4. The molecule has 0 bridgehead atoms. The molecule has 136 valence electrons. The molecule has 0 fully saturated rings. The molecule has 0 rings (SSSR count). The summed E-state index contributed by atoms with van der Waals surface area (Å²) in [4.78, 5) is 20.7. The number of unbranched alkanes of at least 4 members (excludes halogenated alkanes) is 10. The van der Waals surface area contributed by atoms with Gasteiger partial charge in [-0.2, -0.15) is 0 Å². The highest BCUT2D eigenvalue weighted by atomic mass is 16.5. The average Bonchev–Trinajstić information content (AvgIpc) is 2.49. The minimum absolute atomic E-state index is 0.288. The summed E-state index contributed by atoms with van der Waals surface area (Å²) in [5, 5.41) is 17.0. The fraction of sp³-hybridized carbons (Fsp3) is 0.889. The summed E-state index contributed by atoms with van der Waals surface area (Å²) in [6, 6.07) is 0. The molecular formula is C18H34O5. The molecule has 0 heterocycles. The molecule has 2 N–H and O–H groups in total. The van der Waals surface area contributed by atoms with Crippen LogP contribution >= 0.6 is 0 Å². The van der Waals surface area contributed by atoms with Crippen molar-refractivity contribution in [2.75, 3.05) is 13.2 Å². The zero-order valence-corrected chi connectivity index (χ0v) is 14.4. The van der Waals surface area contributed by atoms with Gasteiger partial charge >= 0.3 is 11.9 Å². The van der Waals surface area contributed by atoms with Gasteiger partial charge in [0.25, 0.3) is 0 Å². The first-order chi connectivity index (χ1) is 11.1. The van der Waals surface area contributed by atoms with Crippen molar-refractivity contribution in [2.24, 2.45) is 0 Å². The van der Waals surface area contributed by atoms with E-state index in [9.17, 15) is 9.59 Å². The van der Waals surface area contributed by atoms with Crippen LogP contribution in [0.25, 0.3) is 0 Å². The van der Waals surface area contributed by atoms with Crippen LogP contribution in [0.3, 0.4) is 0 Å². The highest BCUT2D eigenvalue weighted by Crippen LogP contribution is 2.09. The van der Waals surface area contributed by atoms with Gasteiger partial charge in [-0.25, -0.2) is 0 Å². The van der Waals surface area contributed by atoms with Crippen LogP contribution < -0.4 is 0 Å². The standard InChI is InChI=1S/C18H34O5/c19-17(20)13-9-5-2-1-3-7-11-15-23-16-12-8-4-6-10-14-18(21)22/h1-16H2,(H,19,20)(H,21,22). The second-order valence-corrected chi connectivity index (χ2v) is 6.14. The van der Waals surface area contributed by atoms with E-state index in [-0.39, 0.29) is 6.42 Å². The van der Waals surface area contributed by atoms with Crippen LogP contribution in [0, 0.1) is 0 Å². The second kappa shape index (κ2) is 17.3. The first kappa shape index (κ1) is 21.9. The van der Waals surface area contributed by atoms with E-state index in [1.807, 2.05) is 0 Å². The Morgan fingerprint density at radius 1 is 0.522 bits per heavy atom. The molecule has 0 amide bonds. The SMILES string of the molecule is O=C(O)CCCCCCCCCOCCCCCCCC(=O)O. The van der Waals surface area contributed by atoms with Crippen molar-refractivity contribution in [3.63, 3.8) is 0 Å². The zero-order chi connectivity index (χ0) is 17.2. The Morgan fingerprint density at radius 2 is 0.826 bits per heavy atom. The number of carboxylic acids is 2. The van der Waals surface area contributed by atoms with Crippen molar-refractivity contribution >= 4 is 11.9 Å². The maximum atomic E-state index is 10.3. The van der Waals surface area contributed by atoms with Gasteiger partial charge in [-0.3, -0.25) is 9.59 Å². The number of aliphatic carboxylic acids is 2. The summed E-state index contributed by atoms with van der Waals surface area (Å²) in [6.45, 7) is 1.64. The van der Waals surface area contributed by atoms with Gasteiger partial charge in [0, 0.05) is 26.1 Å². The monoisotopic (exact) mass is 330 g/mol. The van der Waals surface area contributed by atoms with Gasteiger partial charge in [-0.1, -0.05) is 51.4 Å². The molecule has 0 aliphatic carbocycles. The summed E-state index contributed by atoms with van der Waals surface area (Å²) < 4.78 is 5.59. The van der Waals surface area contributed by atoms with Crippen LogP contribution in [0.15, 0.2) is 0 Å². The van der Waals surface area contributed by atoms with E-state index in [1.165, 1.54) is 19.3 Å². The van der Waals surface area contributed by atoms with E-state index in [1.54, 1.807) is 0 Å². The van der Waals surface area contributed by atoms with Crippen LogP contribution in [-0.2, 0) is 14.3 Å². The van der Waals surface area contributed by atoms with Crippen molar-refractivity contribution in [3.05, 3.63) is 0 Å². The van der Waals surface area contributed by atoms with Crippen LogP contribution in [0.4, 0.5) is 0 Å². The topological polar surface area (TPSA) is 83.8 Å².